The summed E-state index contributed by atoms with van der Waals surface area (Å²) in [6.45, 7) is 11.8. The molecule has 400 valence electrons. The number of amides is 2. The summed E-state index contributed by atoms with van der Waals surface area (Å²) in [4.78, 5) is 35.4. The number of nitrogens with one attached hydrogen (secondary N) is 4. The standard InChI is InChI=1S/2C14H17F5N2O2.C7H2BrF5.C3H9N.CH2O3.2K.N3.Na.H/c2*1-14(2,3)23-13(22)21-5-4-20-6-7-8(15)10(17)12(19)11(18)9(7)16;8-1-2-3(9)5(11)7(13)6(12)4(2)10;1-2-3-4;2-1-4-3;;;1-3-2;;/h2*20H,4-6H2,1-3H3,(H,21,22);1H2;2-4H2,1H3;1,3H;;;;;/q;;;;;2*+1;-1;+1;-1/p-1. The first-order chi connectivity index (χ1) is 32.3. The molecular weight excluding hydrogens is 1160 g/mol. The summed E-state index contributed by atoms with van der Waals surface area (Å²) in [5, 5.41) is 17.7. The molecule has 0 spiro atoms. The van der Waals surface area contributed by atoms with Crippen LogP contribution in [0.3, 0.4) is 0 Å². The zero-order chi connectivity index (χ0) is 55.3. The number of rotatable bonds is 13. The molecule has 0 heterocycles. The summed E-state index contributed by atoms with van der Waals surface area (Å²) >= 11 is 2.62. The predicted molar refractivity (Wildman–Crippen MR) is 221 cm³/mol. The van der Waals surface area contributed by atoms with E-state index in [-0.39, 0.29) is 166 Å². The summed E-state index contributed by atoms with van der Waals surface area (Å²) in [6.07, 6.45) is -0.272. The van der Waals surface area contributed by atoms with Gasteiger partial charge in [-0.05, 0) is 54.5 Å². The second-order valence-electron chi connectivity index (χ2n) is 14.6. The Bertz CT molecular complexity index is 2020. The van der Waals surface area contributed by atoms with Crippen LogP contribution in [0.15, 0.2) is 0 Å². The SMILES string of the molecule is CC(C)(C)OC(=O)NCCNCc1c(F)c(F)c(F)c(F)c1F.CC(C)(C)OC(=O)NCCNCc1c(F)c(F)c(F)c(F)c1F.CCCN.Fc1c(F)c(F)c(CBr)c(F)c1F.O=CO[O-].[H-].[K+].[K+].[N-]=[N+]=[N-].[Na+]. The summed E-state index contributed by atoms with van der Waals surface area (Å²) < 4.78 is 204. The maximum absolute atomic E-state index is 13.4. The van der Waals surface area contributed by atoms with E-state index < -0.39 is 146 Å². The molecule has 73 heavy (non-hydrogen) atoms. The van der Waals surface area contributed by atoms with Crippen molar-refractivity contribution in [3.8, 4) is 0 Å². The number of nitrogens with zero attached hydrogens (tertiary/aromatic N) is 3. The fourth-order valence-electron chi connectivity index (χ4n) is 3.94. The van der Waals surface area contributed by atoms with E-state index in [0.29, 0.717) is 0 Å². The fourth-order valence-corrected chi connectivity index (χ4v) is 4.43. The molecule has 0 aliphatic rings. The monoisotopic (exact) mass is 1200 g/mol. The first-order valence-corrected chi connectivity index (χ1v) is 20.3. The number of carbonyl (C=O) groups excluding carboxylic acids is 3. The molecule has 34 heteroatoms. The van der Waals surface area contributed by atoms with E-state index in [1.807, 2.05) is 0 Å². The Balaban J connectivity index is -0.000000165. The van der Waals surface area contributed by atoms with Crippen LogP contribution in [0.1, 0.15) is 73.0 Å². The number of ether oxygens (including phenoxy) is 2. The first kappa shape index (κ1) is 82.9. The minimum atomic E-state index is -2.20. The van der Waals surface area contributed by atoms with Gasteiger partial charge in [-0.2, -0.15) is 0 Å². The molecule has 3 aromatic rings. The van der Waals surface area contributed by atoms with Gasteiger partial charge in [0, 0.05) is 61.3 Å². The quantitative estimate of drug-likeness (QED) is 0.0126. The van der Waals surface area contributed by atoms with Crippen molar-refractivity contribution in [3.05, 3.63) is 120 Å². The van der Waals surface area contributed by atoms with Crippen molar-refractivity contribution in [2.24, 2.45) is 5.73 Å². The van der Waals surface area contributed by atoms with E-state index >= 15 is 0 Å². The average molecular weight is 1210 g/mol. The van der Waals surface area contributed by atoms with E-state index in [1.54, 1.807) is 41.5 Å². The number of alkyl carbamates (subject to hydrolysis) is 2. The number of carbonyl (C=O) groups is 3. The smallest absolute Gasteiger partial charge is 1.00 e. The topological polar surface area (TPSA) is 235 Å². The number of hydrogen-bond donors (Lipinski definition) is 5. The maximum Gasteiger partial charge on any atom is 1.00 e. The van der Waals surface area contributed by atoms with Crippen LogP contribution in [0, 0.1) is 87.3 Å². The molecule has 0 unspecified atom stereocenters. The van der Waals surface area contributed by atoms with Crippen LogP contribution in [-0.2, 0) is 37.6 Å². The van der Waals surface area contributed by atoms with Gasteiger partial charge in [0.05, 0.1) is 0 Å². The van der Waals surface area contributed by atoms with Gasteiger partial charge >= 0.3 is 145 Å². The Hall–Kier alpha value is -1.48. The van der Waals surface area contributed by atoms with Crippen LogP contribution in [0.2, 0.25) is 0 Å². The summed E-state index contributed by atoms with van der Waals surface area (Å²) in [7, 11) is 0. The van der Waals surface area contributed by atoms with Gasteiger partial charge in [-0.1, -0.05) is 22.9 Å². The van der Waals surface area contributed by atoms with Crippen LogP contribution >= 0.6 is 15.9 Å². The summed E-state index contributed by atoms with van der Waals surface area (Å²) in [5.41, 5.74) is 14.4. The molecule has 0 fully saturated rings. The van der Waals surface area contributed by atoms with Crippen molar-refractivity contribution in [2.45, 2.75) is 84.5 Å². The van der Waals surface area contributed by atoms with Gasteiger partial charge in [-0.3, -0.25) is 9.71 Å². The van der Waals surface area contributed by atoms with E-state index in [0.717, 1.165) is 13.0 Å². The number of halogens is 16. The molecule has 15 nitrogen and oxygen atoms in total. The van der Waals surface area contributed by atoms with Crippen molar-refractivity contribution in [2.75, 3.05) is 32.7 Å². The number of nitrogens with two attached hydrogens (primary N) is 1. The van der Waals surface area contributed by atoms with Crippen LogP contribution in [-0.4, -0.2) is 62.6 Å². The van der Waals surface area contributed by atoms with Gasteiger partial charge in [0.25, 0.3) is 6.47 Å². The van der Waals surface area contributed by atoms with Crippen LogP contribution in [0.25, 0.3) is 16.0 Å². The van der Waals surface area contributed by atoms with Crippen molar-refractivity contribution in [3.63, 3.8) is 0 Å². The number of hydrogen-bond acceptors (Lipinski definition) is 10. The van der Waals surface area contributed by atoms with Crippen LogP contribution in [0.5, 0.6) is 0 Å². The van der Waals surface area contributed by atoms with Crippen molar-refractivity contribution >= 4 is 34.6 Å². The molecule has 0 aromatic heterocycles. The second kappa shape index (κ2) is 43.5. The van der Waals surface area contributed by atoms with Gasteiger partial charge in [-0.15, -0.1) is 0 Å². The first-order valence-electron chi connectivity index (χ1n) is 19.2. The second-order valence-corrected chi connectivity index (χ2v) is 15.1. The third-order valence-electron chi connectivity index (χ3n) is 6.91. The predicted octanol–water partition coefficient (Wildman–Crippen LogP) is 0.0502. The van der Waals surface area contributed by atoms with E-state index in [2.05, 4.69) is 49.0 Å². The minimum absolute atomic E-state index is 0. The molecule has 0 aliphatic carbocycles. The molecule has 0 saturated carbocycles. The zero-order valence-electron chi connectivity index (χ0n) is 41.8. The third-order valence-corrected chi connectivity index (χ3v) is 7.47. The van der Waals surface area contributed by atoms with Gasteiger partial charge in [-0.25, -0.2) is 75.4 Å². The maximum atomic E-state index is 13.4. The molecule has 0 aliphatic heterocycles. The molecule has 0 radical (unpaired) electrons. The molecule has 0 bridgehead atoms. The van der Waals surface area contributed by atoms with Crippen LogP contribution in [0.4, 0.5) is 75.4 Å². The molecule has 6 N–H and O–H groups in total. The van der Waals surface area contributed by atoms with Gasteiger partial charge in [0.15, 0.2) is 69.8 Å². The molecule has 2 amide bonds. The van der Waals surface area contributed by atoms with E-state index in [1.165, 1.54) is 4.91 Å². The van der Waals surface area contributed by atoms with Gasteiger partial charge in [0.2, 0.25) is 17.5 Å². The molecule has 0 atom stereocenters. The molecular formula is C39H47BrF15K2N8NaO7. The zero-order valence-corrected chi connectivity index (χ0v) is 50.6. The largest absolute Gasteiger partial charge is 1.00 e. The molecule has 0 saturated heterocycles. The number of alkyl halides is 1. The van der Waals surface area contributed by atoms with E-state index in [4.69, 9.17) is 36.3 Å². The fraction of sp³-hybridized carbons (Fsp3) is 0.462. The average Bonchev–Trinajstić information content (AvgIpc) is 3.29. The summed E-state index contributed by atoms with van der Waals surface area (Å²) in [5.74, 6) is -29.5. The van der Waals surface area contributed by atoms with Gasteiger partial charge < -0.3 is 59.1 Å². The van der Waals surface area contributed by atoms with E-state index in [9.17, 15) is 75.4 Å². The van der Waals surface area contributed by atoms with Crippen LogP contribution < -0.4 is 165 Å². The van der Waals surface area contributed by atoms with Crippen molar-refractivity contribution in [1.29, 1.82) is 0 Å². The Kier molecular flexibility index (Phi) is 49.4. The number of benzene rings is 3. The summed E-state index contributed by atoms with van der Waals surface area (Å²) in [6, 6.07) is 0. The Morgan fingerprint density at radius 1 is 0.575 bits per heavy atom. The minimum Gasteiger partial charge on any atom is -1.00 e. The van der Waals surface area contributed by atoms with Crippen molar-refractivity contribution < 1.29 is 234 Å². The third kappa shape index (κ3) is 32.8. The molecule has 3 rings (SSSR count). The van der Waals surface area contributed by atoms with Crippen molar-refractivity contribution in [1.82, 2.24) is 21.3 Å². The molecule has 3 aromatic carbocycles. The van der Waals surface area contributed by atoms with Gasteiger partial charge in [0.1, 0.15) is 11.2 Å². The Labute approximate surface area is 525 Å². The normalized spacial score (nSPS) is 9.93. The Morgan fingerprint density at radius 3 is 0.959 bits per heavy atom. The Morgan fingerprint density at radius 2 is 0.781 bits per heavy atom.